The summed E-state index contributed by atoms with van der Waals surface area (Å²) in [6, 6.07) is 72.2. The molecule has 0 aliphatic heterocycles. The zero-order valence-electron chi connectivity index (χ0n) is 31.8. The normalized spacial score (nSPS) is 11.4. The lowest BCUT2D eigenvalue weighted by Crippen LogP contribution is -2.00. The second-order valence-electron chi connectivity index (χ2n) is 14.6. The van der Waals surface area contributed by atoms with Crippen molar-refractivity contribution in [3.8, 4) is 78.1 Å². The van der Waals surface area contributed by atoms with Crippen LogP contribution in [0.15, 0.2) is 206 Å². The predicted octanol–water partition coefficient (Wildman–Crippen LogP) is 14.5. The third-order valence-corrected chi connectivity index (χ3v) is 12.2. The van der Waals surface area contributed by atoms with Gasteiger partial charge in [0.2, 0.25) is 0 Å². The number of benzene rings is 8. The minimum Gasteiger partial charge on any atom is -0.247 e. The second kappa shape index (κ2) is 14.7. The number of hydrogen-bond donors (Lipinski definition) is 0. The van der Waals surface area contributed by atoms with Crippen LogP contribution in [0.5, 0.6) is 0 Å². The molecule has 11 rings (SSSR count). The molecule has 0 unspecified atom stereocenters. The van der Waals surface area contributed by atoms with Gasteiger partial charge in [0, 0.05) is 48.2 Å². The Balaban J connectivity index is 1.08. The molecule has 276 valence electrons. The first kappa shape index (κ1) is 34.6. The molecule has 3 heterocycles. The van der Waals surface area contributed by atoms with Gasteiger partial charge in [-0.25, -0.2) is 19.9 Å². The molecule has 0 radical (unpaired) electrons. The lowest BCUT2D eigenvalue weighted by molar-refractivity contribution is 1.07. The smallest absolute Gasteiger partial charge is 0.164 e. The van der Waals surface area contributed by atoms with Crippen LogP contribution in [0.2, 0.25) is 0 Å². The molecule has 59 heavy (non-hydrogen) atoms. The summed E-state index contributed by atoms with van der Waals surface area (Å²) in [6.45, 7) is 0. The Hall–Kier alpha value is -7.60. The highest BCUT2D eigenvalue weighted by Crippen LogP contribution is 2.50. The average Bonchev–Trinajstić information content (AvgIpc) is 3.73. The summed E-state index contributed by atoms with van der Waals surface area (Å²) >= 11 is 1.85. The van der Waals surface area contributed by atoms with Crippen molar-refractivity contribution < 1.29 is 0 Å². The summed E-state index contributed by atoms with van der Waals surface area (Å²) in [5, 5.41) is 4.72. The van der Waals surface area contributed by atoms with Crippen molar-refractivity contribution in [1.29, 1.82) is 0 Å². The van der Waals surface area contributed by atoms with Gasteiger partial charge in [0.05, 0.1) is 11.2 Å². The molecule has 0 aliphatic rings. The maximum Gasteiger partial charge on any atom is 0.164 e. The summed E-state index contributed by atoms with van der Waals surface area (Å²) < 4.78 is 1.22. The molecular formula is C54H34N4S. The van der Waals surface area contributed by atoms with Gasteiger partial charge < -0.3 is 0 Å². The number of hydrogen-bond acceptors (Lipinski definition) is 5. The molecule has 0 atom stereocenters. The van der Waals surface area contributed by atoms with Crippen LogP contribution in [0.4, 0.5) is 0 Å². The fourth-order valence-corrected chi connectivity index (χ4v) is 9.34. The summed E-state index contributed by atoms with van der Waals surface area (Å²) in [4.78, 5) is 21.5. The monoisotopic (exact) mass is 770 g/mol. The fraction of sp³-hybridized carbons (Fsp3) is 0. The van der Waals surface area contributed by atoms with Crippen LogP contribution >= 0.6 is 11.3 Å². The molecule has 0 N–H and O–H groups in total. The second-order valence-corrected chi connectivity index (χ2v) is 15.6. The number of aromatic nitrogens is 4. The minimum absolute atomic E-state index is 0.635. The molecule has 0 saturated carbocycles. The molecule has 3 aromatic heterocycles. The Bertz CT molecular complexity index is 3230. The standard InChI is InChI=1S/C54H34N4S/c1-5-16-37(17-6-1)47-48-49(44-30-27-35-15-13-14-24-42(35)33-44)55-46-32-31-43(34-45(46)51(48)59-50(47)38-18-7-2-8-19-38)36-25-28-41(29-26-36)54-57-52(39-20-9-3-10-21-39)56-53(58-54)40-22-11-4-12-23-40/h1-34H. The van der Waals surface area contributed by atoms with Crippen LogP contribution in [-0.4, -0.2) is 19.9 Å². The Morgan fingerprint density at radius 1 is 0.322 bits per heavy atom. The molecule has 5 heteroatoms. The molecule has 8 aromatic carbocycles. The largest absolute Gasteiger partial charge is 0.247 e. The van der Waals surface area contributed by atoms with Gasteiger partial charge in [-0.05, 0) is 51.2 Å². The number of fused-ring (bicyclic) bond motifs is 4. The van der Waals surface area contributed by atoms with E-state index in [9.17, 15) is 0 Å². The molecule has 0 fully saturated rings. The maximum absolute atomic E-state index is 5.51. The van der Waals surface area contributed by atoms with Gasteiger partial charge in [0.25, 0.3) is 0 Å². The van der Waals surface area contributed by atoms with Gasteiger partial charge in [-0.2, -0.15) is 0 Å². The highest BCUT2D eigenvalue weighted by atomic mass is 32.1. The Morgan fingerprint density at radius 3 is 1.41 bits per heavy atom. The summed E-state index contributed by atoms with van der Waals surface area (Å²) in [7, 11) is 0. The van der Waals surface area contributed by atoms with Crippen molar-refractivity contribution >= 4 is 43.1 Å². The van der Waals surface area contributed by atoms with Crippen molar-refractivity contribution in [3.63, 3.8) is 0 Å². The highest BCUT2D eigenvalue weighted by molar-refractivity contribution is 7.24. The fourth-order valence-electron chi connectivity index (χ4n) is 7.99. The zero-order chi connectivity index (χ0) is 39.1. The van der Waals surface area contributed by atoms with E-state index in [1.165, 1.54) is 42.4 Å². The van der Waals surface area contributed by atoms with E-state index >= 15 is 0 Å². The number of rotatable bonds is 7. The van der Waals surface area contributed by atoms with Gasteiger partial charge >= 0.3 is 0 Å². The van der Waals surface area contributed by atoms with Crippen LogP contribution in [-0.2, 0) is 0 Å². The highest BCUT2D eigenvalue weighted by Gasteiger charge is 2.23. The first-order valence-corrected chi connectivity index (χ1v) is 20.5. The van der Waals surface area contributed by atoms with Crippen molar-refractivity contribution in [2.45, 2.75) is 0 Å². The predicted molar refractivity (Wildman–Crippen MR) is 246 cm³/mol. The maximum atomic E-state index is 5.51. The van der Waals surface area contributed by atoms with Gasteiger partial charge in [0.1, 0.15) is 0 Å². The van der Waals surface area contributed by atoms with E-state index in [4.69, 9.17) is 19.9 Å². The van der Waals surface area contributed by atoms with Crippen molar-refractivity contribution in [2.75, 3.05) is 0 Å². The summed E-state index contributed by atoms with van der Waals surface area (Å²) in [6.07, 6.45) is 0. The summed E-state index contributed by atoms with van der Waals surface area (Å²) in [5.74, 6) is 1.93. The van der Waals surface area contributed by atoms with Gasteiger partial charge in [-0.15, -0.1) is 11.3 Å². The van der Waals surface area contributed by atoms with Crippen LogP contribution in [0.3, 0.4) is 0 Å². The van der Waals surface area contributed by atoms with Crippen molar-refractivity contribution in [1.82, 2.24) is 19.9 Å². The van der Waals surface area contributed by atoms with Gasteiger partial charge in [0.15, 0.2) is 17.5 Å². The van der Waals surface area contributed by atoms with Crippen LogP contribution in [0.25, 0.3) is 110 Å². The molecule has 0 bridgehead atoms. The molecular weight excluding hydrogens is 737 g/mol. The number of pyridine rings is 1. The molecule has 11 aromatic rings. The van der Waals surface area contributed by atoms with Gasteiger partial charge in [-0.1, -0.05) is 188 Å². The van der Waals surface area contributed by atoms with Crippen LogP contribution in [0.1, 0.15) is 0 Å². The van der Waals surface area contributed by atoms with E-state index in [1.54, 1.807) is 0 Å². The average molecular weight is 771 g/mol. The Labute approximate surface area is 345 Å². The third-order valence-electron chi connectivity index (χ3n) is 10.9. The van der Waals surface area contributed by atoms with E-state index in [1.807, 2.05) is 72.0 Å². The van der Waals surface area contributed by atoms with Crippen molar-refractivity contribution in [3.05, 3.63) is 206 Å². The summed E-state index contributed by atoms with van der Waals surface area (Å²) in [5.41, 5.74) is 11.7. The molecule has 0 spiro atoms. The number of nitrogens with zero attached hydrogens (tertiary/aromatic N) is 4. The first-order chi connectivity index (χ1) is 29.2. The van der Waals surface area contributed by atoms with Crippen molar-refractivity contribution in [2.24, 2.45) is 0 Å². The first-order valence-electron chi connectivity index (χ1n) is 19.7. The SMILES string of the molecule is c1ccc(-c2nc(-c3ccccc3)nc(-c3ccc(-c4ccc5nc(-c6ccc7ccccc7c6)c6c(-c7ccccc7)c(-c7ccccc7)sc6c5c4)cc3)n2)cc1. The molecule has 0 aliphatic carbocycles. The van der Waals surface area contributed by atoms with E-state index in [-0.39, 0.29) is 0 Å². The molecule has 4 nitrogen and oxygen atoms in total. The quantitative estimate of drug-likeness (QED) is 0.162. The zero-order valence-corrected chi connectivity index (χ0v) is 32.6. The lowest BCUT2D eigenvalue weighted by atomic mass is 9.93. The van der Waals surface area contributed by atoms with Gasteiger partial charge in [-0.3, -0.25) is 0 Å². The van der Waals surface area contributed by atoms with E-state index in [0.717, 1.165) is 50.0 Å². The molecule has 0 saturated heterocycles. The number of thiophene rings is 1. The van der Waals surface area contributed by atoms with Crippen LogP contribution < -0.4 is 0 Å². The topological polar surface area (TPSA) is 51.6 Å². The lowest BCUT2D eigenvalue weighted by Gasteiger charge is -2.12. The minimum atomic E-state index is 0.635. The van der Waals surface area contributed by atoms with E-state index < -0.39 is 0 Å². The Morgan fingerprint density at radius 2 is 0.797 bits per heavy atom. The molecule has 0 amide bonds. The Kier molecular flexibility index (Phi) is 8.64. The third kappa shape index (κ3) is 6.44. The van der Waals surface area contributed by atoms with Crippen LogP contribution in [0, 0.1) is 0 Å². The van der Waals surface area contributed by atoms with E-state index in [0.29, 0.717) is 17.5 Å². The van der Waals surface area contributed by atoms with E-state index in [2.05, 4.69) is 146 Å².